The molecule has 2 N–H and O–H groups in total. The van der Waals surface area contributed by atoms with E-state index in [4.69, 9.17) is 4.74 Å². The van der Waals surface area contributed by atoms with E-state index in [-0.39, 0.29) is 12.4 Å². The first-order valence-electron chi connectivity index (χ1n) is 6.90. The first-order valence-corrected chi connectivity index (χ1v) is 6.90. The maximum atomic E-state index is 13.3. The molecule has 0 aliphatic carbocycles. The number of nitrogens with one attached hydrogen (secondary N) is 1. The first kappa shape index (κ1) is 15.4. The number of aliphatic hydroxyl groups is 1. The molecule has 0 radical (unpaired) electrons. The second-order valence-corrected chi connectivity index (χ2v) is 4.71. The zero-order valence-corrected chi connectivity index (χ0v) is 11.7. The van der Waals surface area contributed by atoms with Crippen molar-refractivity contribution in [3.8, 4) is 5.75 Å². The molecule has 0 saturated heterocycles. The lowest BCUT2D eigenvalue weighted by Crippen LogP contribution is -2.32. The van der Waals surface area contributed by atoms with Crippen molar-refractivity contribution < 1.29 is 14.2 Å². The highest BCUT2D eigenvalue weighted by atomic mass is 19.1. The van der Waals surface area contributed by atoms with Crippen molar-refractivity contribution in [1.82, 2.24) is 10.3 Å². The Hall–Kier alpha value is -1.98. The van der Waals surface area contributed by atoms with Crippen molar-refractivity contribution >= 4 is 0 Å². The lowest BCUT2D eigenvalue weighted by molar-refractivity contribution is 0.104. The van der Waals surface area contributed by atoms with Crippen LogP contribution in [0.3, 0.4) is 0 Å². The van der Waals surface area contributed by atoms with E-state index in [0.717, 1.165) is 18.5 Å². The molecule has 0 aliphatic rings. The average molecular weight is 290 g/mol. The van der Waals surface area contributed by atoms with Gasteiger partial charge in [0.15, 0.2) is 11.6 Å². The lowest BCUT2D eigenvalue weighted by atomic mass is 10.2. The van der Waals surface area contributed by atoms with E-state index < -0.39 is 11.9 Å². The fourth-order valence-electron chi connectivity index (χ4n) is 1.85. The van der Waals surface area contributed by atoms with E-state index >= 15 is 0 Å². The first-order chi connectivity index (χ1) is 10.3. The number of rotatable bonds is 8. The zero-order chi connectivity index (χ0) is 14.9. The van der Waals surface area contributed by atoms with E-state index in [0.29, 0.717) is 6.54 Å². The number of hydrogen-bond acceptors (Lipinski definition) is 4. The van der Waals surface area contributed by atoms with Crippen molar-refractivity contribution in [2.75, 3.05) is 19.7 Å². The van der Waals surface area contributed by atoms with Crippen molar-refractivity contribution in [3.05, 3.63) is 60.2 Å². The van der Waals surface area contributed by atoms with Crippen LogP contribution >= 0.6 is 0 Å². The lowest BCUT2D eigenvalue weighted by Gasteiger charge is -2.13. The van der Waals surface area contributed by atoms with Gasteiger partial charge in [0, 0.05) is 18.9 Å². The van der Waals surface area contributed by atoms with Gasteiger partial charge in [0.05, 0.1) is 0 Å². The predicted octanol–water partition coefficient (Wildman–Crippen LogP) is 1.79. The second kappa shape index (κ2) is 8.34. The van der Waals surface area contributed by atoms with Crippen LogP contribution in [0.1, 0.15) is 5.56 Å². The molecule has 1 heterocycles. The van der Waals surface area contributed by atoms with Crippen LogP contribution in [0.15, 0.2) is 48.8 Å². The molecule has 1 atom stereocenters. The molecular formula is C16H19FN2O2. The van der Waals surface area contributed by atoms with Gasteiger partial charge < -0.3 is 15.2 Å². The number of aliphatic hydroxyl groups excluding tert-OH is 1. The minimum absolute atomic E-state index is 0.0564. The Morgan fingerprint density at radius 3 is 2.86 bits per heavy atom. The van der Waals surface area contributed by atoms with Gasteiger partial charge in [-0.25, -0.2) is 4.39 Å². The molecule has 1 aromatic heterocycles. The second-order valence-electron chi connectivity index (χ2n) is 4.71. The van der Waals surface area contributed by atoms with E-state index in [1.807, 2.05) is 18.3 Å². The monoisotopic (exact) mass is 290 g/mol. The quantitative estimate of drug-likeness (QED) is 0.728. The smallest absolute Gasteiger partial charge is 0.165 e. The van der Waals surface area contributed by atoms with Gasteiger partial charge in [-0.2, -0.15) is 0 Å². The Bertz CT molecular complexity index is 537. The van der Waals surface area contributed by atoms with Gasteiger partial charge in [0.25, 0.3) is 0 Å². The standard InChI is InChI=1S/C16H19FN2O2/c17-15-5-1-2-6-16(15)21-12-14(20)11-19-9-7-13-4-3-8-18-10-13/h1-6,8,10,14,19-20H,7,9,11-12H2. The maximum absolute atomic E-state index is 13.3. The topological polar surface area (TPSA) is 54.4 Å². The number of nitrogens with zero attached hydrogens (tertiary/aromatic N) is 1. The summed E-state index contributed by atoms with van der Waals surface area (Å²) in [6.07, 6.45) is 3.72. The van der Waals surface area contributed by atoms with Crippen LogP contribution in [-0.2, 0) is 6.42 Å². The summed E-state index contributed by atoms with van der Waals surface area (Å²) in [5.74, 6) is -0.263. The molecule has 1 unspecified atom stereocenters. The molecule has 2 aromatic rings. The predicted molar refractivity (Wildman–Crippen MR) is 78.7 cm³/mol. The van der Waals surface area contributed by atoms with Gasteiger partial charge in [-0.15, -0.1) is 0 Å². The van der Waals surface area contributed by atoms with Crippen molar-refractivity contribution in [2.24, 2.45) is 0 Å². The van der Waals surface area contributed by atoms with E-state index in [2.05, 4.69) is 10.3 Å². The van der Waals surface area contributed by atoms with Gasteiger partial charge >= 0.3 is 0 Å². The maximum Gasteiger partial charge on any atom is 0.165 e. The van der Waals surface area contributed by atoms with E-state index in [1.54, 1.807) is 18.3 Å². The van der Waals surface area contributed by atoms with Crippen LogP contribution in [0, 0.1) is 5.82 Å². The molecule has 4 nitrogen and oxygen atoms in total. The fourth-order valence-corrected chi connectivity index (χ4v) is 1.85. The average Bonchev–Trinajstić information content (AvgIpc) is 2.52. The van der Waals surface area contributed by atoms with Crippen LogP contribution in [0.5, 0.6) is 5.75 Å². The number of aromatic nitrogens is 1. The van der Waals surface area contributed by atoms with Crippen LogP contribution in [0.4, 0.5) is 4.39 Å². The van der Waals surface area contributed by atoms with Gasteiger partial charge in [-0.1, -0.05) is 18.2 Å². The number of para-hydroxylation sites is 1. The molecular weight excluding hydrogens is 271 g/mol. The molecule has 2 rings (SSSR count). The van der Waals surface area contributed by atoms with E-state index in [9.17, 15) is 9.50 Å². The highest BCUT2D eigenvalue weighted by Crippen LogP contribution is 2.15. The van der Waals surface area contributed by atoms with Crippen molar-refractivity contribution in [2.45, 2.75) is 12.5 Å². The van der Waals surface area contributed by atoms with Crippen LogP contribution in [-0.4, -0.2) is 35.9 Å². The highest BCUT2D eigenvalue weighted by Gasteiger charge is 2.07. The minimum atomic E-state index is -0.682. The van der Waals surface area contributed by atoms with Gasteiger partial charge in [0.2, 0.25) is 0 Å². The third kappa shape index (κ3) is 5.49. The highest BCUT2D eigenvalue weighted by molar-refractivity contribution is 5.23. The van der Waals surface area contributed by atoms with Crippen molar-refractivity contribution in [1.29, 1.82) is 0 Å². The summed E-state index contributed by atoms with van der Waals surface area (Å²) in [7, 11) is 0. The van der Waals surface area contributed by atoms with Crippen LogP contribution in [0.25, 0.3) is 0 Å². The largest absolute Gasteiger partial charge is 0.488 e. The number of pyridine rings is 1. The Kier molecular flexibility index (Phi) is 6.12. The number of ether oxygens (including phenoxy) is 1. The Morgan fingerprint density at radius 1 is 1.24 bits per heavy atom. The van der Waals surface area contributed by atoms with Crippen molar-refractivity contribution in [3.63, 3.8) is 0 Å². The molecule has 0 spiro atoms. The summed E-state index contributed by atoms with van der Waals surface area (Å²) in [5, 5.41) is 12.9. The molecule has 112 valence electrons. The Labute approximate surface area is 123 Å². The number of halogens is 1. The third-order valence-corrected chi connectivity index (χ3v) is 2.96. The number of benzene rings is 1. The molecule has 0 amide bonds. The summed E-state index contributed by atoms with van der Waals surface area (Å²) < 4.78 is 18.5. The number of hydrogen-bond donors (Lipinski definition) is 2. The molecule has 5 heteroatoms. The van der Waals surface area contributed by atoms with Crippen LogP contribution < -0.4 is 10.1 Å². The minimum Gasteiger partial charge on any atom is -0.488 e. The Morgan fingerprint density at radius 2 is 2.10 bits per heavy atom. The summed E-state index contributed by atoms with van der Waals surface area (Å²) >= 11 is 0. The summed E-state index contributed by atoms with van der Waals surface area (Å²) in [4.78, 5) is 4.04. The summed E-state index contributed by atoms with van der Waals surface area (Å²) in [5.41, 5.74) is 1.14. The molecule has 0 saturated carbocycles. The third-order valence-electron chi connectivity index (χ3n) is 2.96. The SMILES string of the molecule is OC(CNCCc1cccnc1)COc1ccccc1F. The summed E-state index contributed by atoms with van der Waals surface area (Å²) in [6.45, 7) is 1.19. The molecule has 0 fully saturated rings. The van der Waals surface area contributed by atoms with Gasteiger partial charge in [-0.05, 0) is 36.7 Å². The molecule has 0 aliphatic heterocycles. The normalized spacial score (nSPS) is 12.1. The zero-order valence-electron chi connectivity index (χ0n) is 11.7. The summed E-state index contributed by atoms with van der Waals surface area (Å²) in [6, 6.07) is 10.1. The van der Waals surface area contributed by atoms with Gasteiger partial charge in [-0.3, -0.25) is 4.98 Å². The van der Waals surface area contributed by atoms with Crippen LogP contribution in [0.2, 0.25) is 0 Å². The molecule has 21 heavy (non-hydrogen) atoms. The fraction of sp³-hybridized carbons (Fsp3) is 0.312. The molecule has 0 bridgehead atoms. The molecule has 1 aromatic carbocycles. The van der Waals surface area contributed by atoms with E-state index in [1.165, 1.54) is 12.1 Å². The van der Waals surface area contributed by atoms with Gasteiger partial charge in [0.1, 0.15) is 12.7 Å². The Balaban J connectivity index is 1.62.